The number of rotatable bonds is 8. The van der Waals surface area contributed by atoms with Crippen molar-refractivity contribution in [3.63, 3.8) is 0 Å². The van der Waals surface area contributed by atoms with Gasteiger partial charge in [-0.25, -0.2) is 0 Å². The van der Waals surface area contributed by atoms with Crippen LogP contribution < -0.4 is 5.32 Å². The Morgan fingerprint density at radius 3 is 2.65 bits per heavy atom. The molecule has 0 aromatic carbocycles. The fourth-order valence-corrected chi connectivity index (χ4v) is 2.77. The third kappa shape index (κ3) is 5.87. The topological polar surface area (TPSA) is 21.3 Å². The van der Waals surface area contributed by atoms with E-state index >= 15 is 0 Å². The van der Waals surface area contributed by atoms with Gasteiger partial charge in [-0.2, -0.15) is 0 Å². The molecule has 0 aromatic heterocycles. The molecule has 17 heavy (non-hydrogen) atoms. The van der Waals surface area contributed by atoms with Gasteiger partial charge in [0.2, 0.25) is 0 Å². The smallest absolute Gasteiger partial charge is 0.0730 e. The zero-order valence-electron chi connectivity index (χ0n) is 12.0. The van der Waals surface area contributed by atoms with Crippen molar-refractivity contribution in [3.8, 4) is 0 Å². The average Bonchev–Trinajstić information content (AvgIpc) is 2.32. The quantitative estimate of drug-likeness (QED) is 0.653. The highest BCUT2D eigenvalue weighted by atomic mass is 16.5. The maximum atomic E-state index is 6.10. The summed E-state index contributed by atoms with van der Waals surface area (Å²) in [5.41, 5.74) is 0. The average molecular weight is 241 g/mol. The minimum Gasteiger partial charge on any atom is -0.377 e. The SMILES string of the molecule is CCCCCCOC1CC(C)CCC1NCC. The van der Waals surface area contributed by atoms with Gasteiger partial charge in [-0.15, -0.1) is 0 Å². The maximum Gasteiger partial charge on any atom is 0.0730 e. The van der Waals surface area contributed by atoms with Crippen LogP contribution in [0.4, 0.5) is 0 Å². The fraction of sp³-hybridized carbons (Fsp3) is 1.00. The van der Waals surface area contributed by atoms with E-state index < -0.39 is 0 Å². The van der Waals surface area contributed by atoms with Crippen LogP contribution in [-0.2, 0) is 4.74 Å². The summed E-state index contributed by atoms with van der Waals surface area (Å²) >= 11 is 0. The van der Waals surface area contributed by atoms with Gasteiger partial charge in [0.25, 0.3) is 0 Å². The first-order chi connectivity index (χ1) is 8.27. The Morgan fingerprint density at radius 2 is 1.94 bits per heavy atom. The van der Waals surface area contributed by atoms with Crippen LogP contribution >= 0.6 is 0 Å². The molecule has 0 heterocycles. The minimum absolute atomic E-state index is 0.459. The molecule has 0 bridgehead atoms. The van der Waals surface area contributed by atoms with Gasteiger partial charge in [-0.3, -0.25) is 0 Å². The lowest BCUT2D eigenvalue weighted by molar-refractivity contribution is -0.00865. The van der Waals surface area contributed by atoms with Gasteiger partial charge >= 0.3 is 0 Å². The lowest BCUT2D eigenvalue weighted by atomic mass is 9.85. The van der Waals surface area contributed by atoms with E-state index in [2.05, 4.69) is 26.1 Å². The van der Waals surface area contributed by atoms with Gasteiger partial charge in [0.15, 0.2) is 0 Å². The second-order valence-corrected chi connectivity index (χ2v) is 5.55. The molecule has 2 heteroatoms. The molecule has 0 aliphatic heterocycles. The molecular formula is C15H31NO. The molecule has 0 spiro atoms. The number of nitrogens with one attached hydrogen (secondary N) is 1. The Morgan fingerprint density at radius 1 is 1.12 bits per heavy atom. The first-order valence-corrected chi connectivity index (χ1v) is 7.62. The molecule has 0 saturated heterocycles. The lowest BCUT2D eigenvalue weighted by Crippen LogP contribution is -2.45. The highest BCUT2D eigenvalue weighted by Gasteiger charge is 2.28. The van der Waals surface area contributed by atoms with E-state index in [4.69, 9.17) is 4.74 Å². The molecule has 1 rings (SSSR count). The summed E-state index contributed by atoms with van der Waals surface area (Å²) < 4.78 is 6.10. The molecule has 1 aliphatic rings. The Hall–Kier alpha value is -0.0800. The molecule has 2 nitrogen and oxygen atoms in total. The largest absolute Gasteiger partial charge is 0.377 e. The predicted octanol–water partition coefficient (Wildman–Crippen LogP) is 3.75. The normalized spacial score (nSPS) is 29.5. The van der Waals surface area contributed by atoms with Crippen LogP contribution in [0.25, 0.3) is 0 Å². The molecule has 1 aliphatic carbocycles. The number of hydrogen-bond acceptors (Lipinski definition) is 2. The number of ether oxygens (including phenoxy) is 1. The molecule has 0 radical (unpaired) electrons. The Labute approximate surface area is 108 Å². The van der Waals surface area contributed by atoms with E-state index in [0.29, 0.717) is 12.1 Å². The van der Waals surface area contributed by atoms with E-state index in [1.165, 1.54) is 44.9 Å². The third-order valence-corrected chi connectivity index (χ3v) is 3.85. The molecule has 0 aromatic rings. The summed E-state index contributed by atoms with van der Waals surface area (Å²) in [5, 5.41) is 3.58. The fourth-order valence-electron chi connectivity index (χ4n) is 2.77. The van der Waals surface area contributed by atoms with Crippen LogP contribution in [0.15, 0.2) is 0 Å². The van der Waals surface area contributed by atoms with Gasteiger partial charge in [0, 0.05) is 12.6 Å². The number of unbranched alkanes of at least 4 members (excludes halogenated alkanes) is 3. The van der Waals surface area contributed by atoms with Crippen LogP contribution in [0.3, 0.4) is 0 Å². The monoisotopic (exact) mass is 241 g/mol. The lowest BCUT2D eigenvalue weighted by Gasteiger charge is -2.35. The molecular weight excluding hydrogens is 210 g/mol. The van der Waals surface area contributed by atoms with E-state index in [1.54, 1.807) is 0 Å². The Kier molecular flexibility index (Phi) is 7.87. The van der Waals surface area contributed by atoms with Gasteiger partial charge in [-0.05, 0) is 38.1 Å². The summed E-state index contributed by atoms with van der Waals surface area (Å²) in [6.07, 6.45) is 9.55. The Bertz CT molecular complexity index is 184. The van der Waals surface area contributed by atoms with Crippen molar-refractivity contribution in [3.05, 3.63) is 0 Å². The van der Waals surface area contributed by atoms with Crippen LogP contribution in [-0.4, -0.2) is 25.3 Å². The van der Waals surface area contributed by atoms with Crippen molar-refractivity contribution in [2.45, 2.75) is 77.9 Å². The van der Waals surface area contributed by atoms with E-state index in [-0.39, 0.29) is 0 Å². The van der Waals surface area contributed by atoms with Crippen LogP contribution in [0, 0.1) is 5.92 Å². The van der Waals surface area contributed by atoms with Gasteiger partial charge in [-0.1, -0.05) is 40.0 Å². The zero-order chi connectivity index (χ0) is 12.5. The summed E-state index contributed by atoms with van der Waals surface area (Å²) in [4.78, 5) is 0. The van der Waals surface area contributed by atoms with E-state index in [9.17, 15) is 0 Å². The highest BCUT2D eigenvalue weighted by Crippen LogP contribution is 2.26. The summed E-state index contributed by atoms with van der Waals surface area (Å²) in [5.74, 6) is 0.838. The van der Waals surface area contributed by atoms with Crippen molar-refractivity contribution in [1.29, 1.82) is 0 Å². The molecule has 1 saturated carbocycles. The van der Waals surface area contributed by atoms with E-state index in [0.717, 1.165) is 19.1 Å². The molecule has 3 atom stereocenters. The van der Waals surface area contributed by atoms with Crippen molar-refractivity contribution in [2.24, 2.45) is 5.92 Å². The molecule has 102 valence electrons. The Balaban J connectivity index is 2.21. The van der Waals surface area contributed by atoms with Crippen molar-refractivity contribution < 1.29 is 4.74 Å². The maximum absolute atomic E-state index is 6.10. The molecule has 1 N–H and O–H groups in total. The van der Waals surface area contributed by atoms with Crippen molar-refractivity contribution in [2.75, 3.05) is 13.2 Å². The van der Waals surface area contributed by atoms with Crippen molar-refractivity contribution >= 4 is 0 Å². The molecule has 1 fully saturated rings. The van der Waals surface area contributed by atoms with Crippen LogP contribution in [0.5, 0.6) is 0 Å². The minimum atomic E-state index is 0.459. The second kappa shape index (κ2) is 8.93. The van der Waals surface area contributed by atoms with Gasteiger partial charge < -0.3 is 10.1 Å². The van der Waals surface area contributed by atoms with Gasteiger partial charge in [0.05, 0.1) is 6.10 Å². The summed E-state index contributed by atoms with van der Waals surface area (Å²) in [6, 6.07) is 0.599. The van der Waals surface area contributed by atoms with Crippen molar-refractivity contribution in [1.82, 2.24) is 5.32 Å². The van der Waals surface area contributed by atoms with Crippen LogP contribution in [0.2, 0.25) is 0 Å². The third-order valence-electron chi connectivity index (χ3n) is 3.85. The predicted molar refractivity (Wildman–Crippen MR) is 74.4 cm³/mol. The first-order valence-electron chi connectivity index (χ1n) is 7.62. The molecule has 3 unspecified atom stereocenters. The standard InChI is InChI=1S/C15H31NO/c1-4-6-7-8-11-17-15-12-13(3)9-10-14(15)16-5-2/h13-16H,4-12H2,1-3H3. The molecule has 0 amide bonds. The van der Waals surface area contributed by atoms with Crippen LogP contribution in [0.1, 0.15) is 65.7 Å². The summed E-state index contributed by atoms with van der Waals surface area (Å²) in [7, 11) is 0. The highest BCUT2D eigenvalue weighted by molar-refractivity contribution is 4.84. The van der Waals surface area contributed by atoms with Gasteiger partial charge in [0.1, 0.15) is 0 Å². The zero-order valence-corrected chi connectivity index (χ0v) is 12.0. The summed E-state index contributed by atoms with van der Waals surface area (Å²) in [6.45, 7) is 8.82. The number of likely N-dealkylation sites (N-methyl/N-ethyl adjacent to an activating group) is 1. The first kappa shape index (κ1) is 15.0. The number of hydrogen-bond donors (Lipinski definition) is 1. The second-order valence-electron chi connectivity index (χ2n) is 5.55. The van der Waals surface area contributed by atoms with E-state index in [1.807, 2.05) is 0 Å².